The van der Waals surface area contributed by atoms with Crippen LogP contribution in [0.3, 0.4) is 0 Å². The third-order valence-electron chi connectivity index (χ3n) is 4.44. The standard InChI is InChI=1S/C20H11ClF2N4OS/c21-12-3-1-10(2-4-12)11-7-13-14(9-25-20(13)24-8-11)19(28)17-15(22)5-6-16(18(17)23)26-27-29/h1-9H,(H,24,25)(H,26,29). The average Bonchev–Trinajstić information content (AvgIpc) is 3.14. The highest BCUT2D eigenvalue weighted by atomic mass is 35.5. The Kier molecular flexibility index (Phi) is 5.04. The zero-order valence-corrected chi connectivity index (χ0v) is 16.1. The van der Waals surface area contributed by atoms with E-state index in [0.29, 0.717) is 16.1 Å². The first-order valence-electron chi connectivity index (χ1n) is 8.33. The number of H-pyrrole nitrogens is 1. The lowest BCUT2D eigenvalue weighted by Crippen LogP contribution is -2.09. The topological polar surface area (TPSA) is 70.1 Å². The molecular formula is C20H11ClF2N4OS. The van der Waals surface area contributed by atoms with Crippen molar-refractivity contribution in [2.75, 3.05) is 5.43 Å². The van der Waals surface area contributed by atoms with E-state index in [1.807, 2.05) is 12.1 Å². The van der Waals surface area contributed by atoms with Crippen molar-refractivity contribution in [3.8, 4) is 11.1 Å². The minimum absolute atomic E-state index is 0.0913. The molecule has 5 nitrogen and oxygen atoms in total. The van der Waals surface area contributed by atoms with Gasteiger partial charge in [0.25, 0.3) is 0 Å². The second-order valence-corrected chi connectivity index (χ2v) is 6.76. The predicted molar refractivity (Wildman–Crippen MR) is 110 cm³/mol. The Morgan fingerprint density at radius 3 is 2.62 bits per heavy atom. The summed E-state index contributed by atoms with van der Waals surface area (Å²) in [5, 5.41) is 1.03. The molecule has 0 amide bonds. The number of fused-ring (bicyclic) bond motifs is 1. The molecular weight excluding hydrogens is 418 g/mol. The predicted octanol–water partition coefficient (Wildman–Crippen LogP) is 5.45. The molecule has 0 fully saturated rings. The number of hydrogen-bond donors (Lipinski definition) is 2. The van der Waals surface area contributed by atoms with Gasteiger partial charge in [0.2, 0.25) is 5.78 Å². The maximum Gasteiger partial charge on any atom is 0.201 e. The van der Waals surface area contributed by atoms with Crippen LogP contribution in [0.5, 0.6) is 0 Å². The summed E-state index contributed by atoms with van der Waals surface area (Å²) >= 11 is 10.3. The number of carbonyl (C=O) groups excluding carboxylic acids is 1. The van der Waals surface area contributed by atoms with Gasteiger partial charge in [0.15, 0.2) is 5.82 Å². The molecule has 144 valence electrons. The van der Waals surface area contributed by atoms with Crippen LogP contribution in [0.15, 0.2) is 59.3 Å². The third kappa shape index (κ3) is 3.48. The number of halogens is 3. The van der Waals surface area contributed by atoms with Crippen molar-refractivity contribution in [3.63, 3.8) is 0 Å². The number of pyridine rings is 1. The van der Waals surface area contributed by atoms with E-state index in [2.05, 4.69) is 32.3 Å². The maximum atomic E-state index is 14.7. The number of hydrogen-bond acceptors (Lipinski definition) is 4. The fourth-order valence-electron chi connectivity index (χ4n) is 3.02. The fourth-order valence-corrected chi connectivity index (χ4v) is 3.25. The number of carbonyl (C=O) groups is 1. The normalized spacial score (nSPS) is 10.9. The van der Waals surface area contributed by atoms with Crippen LogP contribution < -0.4 is 5.43 Å². The van der Waals surface area contributed by atoms with Crippen molar-refractivity contribution in [1.29, 1.82) is 0 Å². The van der Waals surface area contributed by atoms with Gasteiger partial charge in [-0.2, -0.15) is 0 Å². The highest BCUT2D eigenvalue weighted by Crippen LogP contribution is 2.29. The molecule has 0 aliphatic heterocycles. The van der Waals surface area contributed by atoms with E-state index < -0.39 is 23.0 Å². The van der Waals surface area contributed by atoms with Gasteiger partial charge < -0.3 is 4.98 Å². The Labute approximate surface area is 173 Å². The number of rotatable bonds is 5. The fraction of sp³-hybridized carbons (Fsp3) is 0. The number of ketones is 1. The molecule has 0 aliphatic rings. The Hall–Kier alpha value is -3.23. The number of aromatic amines is 1. The van der Waals surface area contributed by atoms with Crippen LogP contribution in [-0.4, -0.2) is 15.8 Å². The summed E-state index contributed by atoms with van der Waals surface area (Å²) in [6, 6.07) is 10.9. The number of aromatic nitrogens is 2. The first-order valence-corrected chi connectivity index (χ1v) is 9.08. The summed E-state index contributed by atoms with van der Waals surface area (Å²) in [7, 11) is 0. The monoisotopic (exact) mass is 428 g/mol. The van der Waals surface area contributed by atoms with E-state index in [0.717, 1.165) is 23.3 Å². The van der Waals surface area contributed by atoms with Gasteiger partial charge in [0.1, 0.15) is 11.5 Å². The van der Waals surface area contributed by atoms with E-state index in [9.17, 15) is 13.6 Å². The van der Waals surface area contributed by atoms with E-state index >= 15 is 0 Å². The van der Waals surface area contributed by atoms with E-state index in [-0.39, 0.29) is 11.3 Å². The van der Waals surface area contributed by atoms with Crippen LogP contribution in [0.2, 0.25) is 5.02 Å². The Morgan fingerprint density at radius 2 is 1.90 bits per heavy atom. The molecule has 29 heavy (non-hydrogen) atoms. The molecule has 0 atom stereocenters. The van der Waals surface area contributed by atoms with E-state index in [1.54, 1.807) is 24.4 Å². The molecule has 4 aromatic rings. The van der Waals surface area contributed by atoms with Gasteiger partial charge in [-0.05, 0) is 35.9 Å². The molecule has 2 aromatic heterocycles. The Bertz CT molecular complexity index is 1260. The lowest BCUT2D eigenvalue weighted by Gasteiger charge is -2.08. The average molecular weight is 429 g/mol. The molecule has 0 saturated heterocycles. The van der Waals surface area contributed by atoms with Crippen molar-refractivity contribution in [2.24, 2.45) is 4.47 Å². The third-order valence-corrected chi connectivity index (χ3v) is 4.78. The number of nitrogens with zero attached hydrogens (tertiary/aromatic N) is 2. The van der Waals surface area contributed by atoms with Crippen LogP contribution in [0.25, 0.3) is 22.2 Å². The molecule has 2 N–H and O–H groups in total. The molecule has 0 bridgehead atoms. The van der Waals surface area contributed by atoms with Gasteiger partial charge in [-0.25, -0.2) is 13.8 Å². The van der Waals surface area contributed by atoms with Gasteiger partial charge >= 0.3 is 0 Å². The molecule has 2 aromatic carbocycles. The molecule has 0 aliphatic carbocycles. The van der Waals surface area contributed by atoms with Gasteiger partial charge in [-0.1, -0.05) is 23.7 Å². The lowest BCUT2D eigenvalue weighted by molar-refractivity contribution is 0.103. The SMILES string of the molecule is O=C(c1c(F)ccc(NN=S)c1F)c1c[nH]c2ncc(-c3ccc(Cl)cc3)cc12. The summed E-state index contributed by atoms with van der Waals surface area (Å²) < 4.78 is 32.2. The molecule has 2 heterocycles. The summed E-state index contributed by atoms with van der Waals surface area (Å²) in [6.45, 7) is 0. The summed E-state index contributed by atoms with van der Waals surface area (Å²) in [4.78, 5) is 20.1. The second kappa shape index (κ2) is 7.65. The van der Waals surface area contributed by atoms with Crippen LogP contribution >= 0.6 is 11.6 Å². The second-order valence-electron chi connectivity index (χ2n) is 6.15. The van der Waals surface area contributed by atoms with Crippen LogP contribution in [0.4, 0.5) is 14.5 Å². The van der Waals surface area contributed by atoms with Crippen LogP contribution in [0.1, 0.15) is 15.9 Å². The quantitative estimate of drug-likeness (QED) is 0.327. The van der Waals surface area contributed by atoms with Gasteiger partial charge in [-0.15, -0.1) is 4.47 Å². The largest absolute Gasteiger partial charge is 0.345 e. The Balaban J connectivity index is 1.83. The molecule has 0 radical (unpaired) electrons. The van der Waals surface area contributed by atoms with Crippen molar-refractivity contribution in [3.05, 3.63) is 82.6 Å². The maximum absolute atomic E-state index is 14.7. The van der Waals surface area contributed by atoms with E-state index in [4.69, 9.17) is 11.6 Å². The highest BCUT2D eigenvalue weighted by molar-refractivity contribution is 7.47. The number of anilines is 1. The van der Waals surface area contributed by atoms with Gasteiger partial charge in [0.05, 0.1) is 23.7 Å². The first kappa shape index (κ1) is 19.1. The summed E-state index contributed by atoms with van der Waals surface area (Å²) in [5.74, 6) is -2.88. The van der Waals surface area contributed by atoms with Crippen molar-refractivity contribution >= 4 is 46.5 Å². The first-order chi connectivity index (χ1) is 14.0. The van der Waals surface area contributed by atoms with Crippen molar-refractivity contribution in [2.45, 2.75) is 0 Å². The van der Waals surface area contributed by atoms with Crippen molar-refractivity contribution < 1.29 is 13.6 Å². The zero-order chi connectivity index (χ0) is 20.5. The Morgan fingerprint density at radius 1 is 1.14 bits per heavy atom. The highest BCUT2D eigenvalue weighted by Gasteiger charge is 2.24. The van der Waals surface area contributed by atoms with Crippen LogP contribution in [-0.2, 0) is 12.4 Å². The van der Waals surface area contributed by atoms with Crippen molar-refractivity contribution in [1.82, 2.24) is 9.97 Å². The molecule has 0 spiro atoms. The number of nitrogens with one attached hydrogen (secondary N) is 2. The van der Waals surface area contributed by atoms with Gasteiger partial charge in [0, 0.05) is 33.9 Å². The van der Waals surface area contributed by atoms with Gasteiger partial charge in [-0.3, -0.25) is 10.2 Å². The molecule has 0 unspecified atom stereocenters. The molecule has 9 heteroatoms. The summed E-state index contributed by atoms with van der Waals surface area (Å²) in [6.07, 6.45) is 3.01. The summed E-state index contributed by atoms with van der Waals surface area (Å²) in [5.41, 5.74) is 3.41. The molecule has 4 rings (SSSR count). The minimum atomic E-state index is -1.07. The van der Waals surface area contributed by atoms with E-state index in [1.165, 1.54) is 6.20 Å². The number of benzene rings is 2. The minimum Gasteiger partial charge on any atom is -0.345 e. The van der Waals surface area contributed by atoms with Crippen LogP contribution in [0, 0.1) is 11.6 Å². The smallest absolute Gasteiger partial charge is 0.201 e. The molecule has 0 saturated carbocycles. The zero-order valence-electron chi connectivity index (χ0n) is 14.5. The lowest BCUT2D eigenvalue weighted by atomic mass is 10.00.